The number of nitrogens with zero attached hydrogens (tertiary/aromatic N) is 1. The Labute approximate surface area is 145 Å². The summed E-state index contributed by atoms with van der Waals surface area (Å²) >= 11 is 0. The summed E-state index contributed by atoms with van der Waals surface area (Å²) in [6.07, 6.45) is -3.04. The maximum Gasteiger partial charge on any atom is 0.184 e. The highest BCUT2D eigenvalue weighted by molar-refractivity contribution is 5.81. The molecule has 25 heavy (non-hydrogen) atoms. The minimum absolute atomic E-state index is 0.316. The van der Waals surface area contributed by atoms with Crippen LogP contribution in [0, 0.1) is 0 Å². The van der Waals surface area contributed by atoms with Crippen LogP contribution < -0.4 is 10.1 Å². The van der Waals surface area contributed by atoms with Gasteiger partial charge in [0, 0.05) is 18.0 Å². The summed E-state index contributed by atoms with van der Waals surface area (Å²) in [5.41, 5.74) is -0.658. The van der Waals surface area contributed by atoms with Crippen LogP contribution in [0.1, 0.15) is 19.8 Å². The summed E-state index contributed by atoms with van der Waals surface area (Å²) in [4.78, 5) is 4.55. The highest BCUT2D eigenvalue weighted by Gasteiger charge is 2.62. The van der Waals surface area contributed by atoms with Crippen molar-refractivity contribution in [3.8, 4) is 5.75 Å². The number of aromatic nitrogens is 1. The number of hydrogen-bond donors (Lipinski definition) is 4. The molecule has 134 valence electrons. The zero-order valence-corrected chi connectivity index (χ0v) is 13.9. The van der Waals surface area contributed by atoms with Crippen molar-refractivity contribution in [1.82, 2.24) is 4.98 Å². The molecule has 2 heterocycles. The van der Waals surface area contributed by atoms with Crippen LogP contribution in [0.4, 0.5) is 5.82 Å². The molecular formula is C18H22N2O5. The minimum atomic E-state index is -1.46. The lowest BCUT2D eigenvalue weighted by molar-refractivity contribution is -0.142. The number of hydrogen-bond acceptors (Lipinski definition) is 7. The third kappa shape index (κ3) is 2.73. The molecule has 2 aliphatic rings. The number of ether oxygens (including phenoxy) is 2. The molecule has 0 spiro atoms. The molecule has 7 heteroatoms. The molecule has 0 amide bonds. The van der Waals surface area contributed by atoms with Gasteiger partial charge in [0.15, 0.2) is 6.29 Å². The Kier molecular flexibility index (Phi) is 4.04. The Bertz CT molecular complexity index is 785. The zero-order chi connectivity index (χ0) is 17.6. The van der Waals surface area contributed by atoms with E-state index in [0.29, 0.717) is 18.6 Å². The number of fused-ring (bicyclic) bond motifs is 2. The van der Waals surface area contributed by atoms with Gasteiger partial charge in [-0.3, -0.25) is 0 Å². The Morgan fingerprint density at radius 2 is 2.12 bits per heavy atom. The fourth-order valence-electron chi connectivity index (χ4n) is 3.73. The molecule has 1 aromatic heterocycles. The summed E-state index contributed by atoms with van der Waals surface area (Å²) in [6, 6.07) is 9.53. The van der Waals surface area contributed by atoms with Crippen LogP contribution in [0.2, 0.25) is 0 Å². The topological polar surface area (TPSA) is 104 Å². The zero-order valence-electron chi connectivity index (χ0n) is 13.9. The number of benzene rings is 1. The SMILES string of the molecule is CCNc1ccc2ccc(O[C@H]3CC[C@@]4(O)[C@@H]3OC(O)[C@@H]4O)cc2n1. The lowest BCUT2D eigenvalue weighted by atomic mass is 9.95. The van der Waals surface area contributed by atoms with Crippen molar-refractivity contribution in [3.05, 3.63) is 30.3 Å². The van der Waals surface area contributed by atoms with Gasteiger partial charge in [0.25, 0.3) is 0 Å². The fourth-order valence-corrected chi connectivity index (χ4v) is 3.73. The quantitative estimate of drug-likeness (QED) is 0.655. The van der Waals surface area contributed by atoms with Gasteiger partial charge in [0.1, 0.15) is 35.5 Å². The van der Waals surface area contributed by atoms with Crippen molar-refractivity contribution in [2.75, 3.05) is 11.9 Å². The Hall–Kier alpha value is -1.93. The molecule has 1 aromatic carbocycles. The molecule has 0 radical (unpaired) electrons. The van der Waals surface area contributed by atoms with Crippen molar-refractivity contribution in [3.63, 3.8) is 0 Å². The van der Waals surface area contributed by atoms with Crippen molar-refractivity contribution >= 4 is 16.7 Å². The molecule has 1 saturated carbocycles. The highest BCUT2D eigenvalue weighted by Crippen LogP contribution is 2.43. The summed E-state index contributed by atoms with van der Waals surface area (Å²) in [6.45, 7) is 2.80. The standard InChI is InChI=1S/C18H22N2O5/c1-2-19-14-6-4-10-3-5-11(9-12(10)20-14)24-13-7-8-18(23)15(21)17(22)25-16(13)18/h3-6,9,13,15-17,21-23H,2,7-8H2,1H3,(H,19,20)/t13-,15-,16+,17?,18-/m0/s1. The van der Waals surface area contributed by atoms with E-state index < -0.39 is 30.2 Å². The molecule has 7 nitrogen and oxygen atoms in total. The summed E-state index contributed by atoms with van der Waals surface area (Å²) in [5.74, 6) is 1.41. The molecule has 1 aliphatic carbocycles. The third-order valence-electron chi connectivity index (χ3n) is 5.04. The summed E-state index contributed by atoms with van der Waals surface area (Å²) in [7, 11) is 0. The van der Waals surface area contributed by atoms with E-state index in [2.05, 4.69) is 10.3 Å². The lowest BCUT2D eigenvalue weighted by Gasteiger charge is -2.25. The first kappa shape index (κ1) is 16.5. The van der Waals surface area contributed by atoms with Gasteiger partial charge in [0.05, 0.1) is 5.52 Å². The second-order valence-electron chi connectivity index (χ2n) is 6.66. The first-order valence-electron chi connectivity index (χ1n) is 8.56. The van der Waals surface area contributed by atoms with Gasteiger partial charge in [-0.25, -0.2) is 4.98 Å². The Morgan fingerprint density at radius 1 is 1.32 bits per heavy atom. The highest BCUT2D eigenvalue weighted by atomic mass is 16.7. The third-order valence-corrected chi connectivity index (χ3v) is 5.04. The molecule has 1 unspecified atom stereocenters. The number of aliphatic hydroxyl groups excluding tert-OH is 2. The lowest BCUT2D eigenvalue weighted by Crippen LogP contribution is -2.47. The molecular weight excluding hydrogens is 324 g/mol. The molecule has 4 rings (SSSR count). The summed E-state index contributed by atoms with van der Waals surface area (Å²) < 4.78 is 11.3. The predicted octanol–water partition coefficient (Wildman–Crippen LogP) is 1.02. The van der Waals surface area contributed by atoms with E-state index in [1.54, 1.807) is 0 Å². The van der Waals surface area contributed by atoms with Gasteiger partial charge in [-0.2, -0.15) is 0 Å². The molecule has 1 saturated heterocycles. The van der Waals surface area contributed by atoms with Crippen LogP contribution in [-0.2, 0) is 4.74 Å². The number of anilines is 1. The predicted molar refractivity (Wildman–Crippen MR) is 91.4 cm³/mol. The Morgan fingerprint density at radius 3 is 2.92 bits per heavy atom. The summed E-state index contributed by atoms with van der Waals surface area (Å²) in [5, 5.41) is 34.3. The number of nitrogens with one attached hydrogen (secondary N) is 1. The van der Waals surface area contributed by atoms with Crippen molar-refractivity contribution in [1.29, 1.82) is 0 Å². The van der Waals surface area contributed by atoms with E-state index in [1.165, 1.54) is 0 Å². The van der Waals surface area contributed by atoms with Crippen LogP contribution in [0.3, 0.4) is 0 Å². The normalized spacial score (nSPS) is 34.2. The number of rotatable bonds is 4. The smallest absolute Gasteiger partial charge is 0.184 e. The second-order valence-corrected chi connectivity index (χ2v) is 6.66. The second kappa shape index (κ2) is 6.10. The van der Waals surface area contributed by atoms with E-state index in [-0.39, 0.29) is 0 Å². The number of pyridine rings is 1. The van der Waals surface area contributed by atoms with Crippen molar-refractivity contribution in [2.24, 2.45) is 0 Å². The number of aliphatic hydroxyl groups is 3. The fraction of sp³-hybridized carbons (Fsp3) is 0.500. The molecule has 2 aromatic rings. The average Bonchev–Trinajstić information content (AvgIpc) is 3.02. The van der Waals surface area contributed by atoms with E-state index in [1.807, 2.05) is 37.3 Å². The Balaban J connectivity index is 1.56. The van der Waals surface area contributed by atoms with Crippen LogP contribution >= 0.6 is 0 Å². The molecule has 2 fully saturated rings. The van der Waals surface area contributed by atoms with Crippen LogP contribution in [0.5, 0.6) is 5.75 Å². The maximum absolute atomic E-state index is 10.5. The van der Waals surface area contributed by atoms with Gasteiger partial charge in [-0.1, -0.05) is 0 Å². The average molecular weight is 346 g/mol. The van der Waals surface area contributed by atoms with Gasteiger partial charge >= 0.3 is 0 Å². The van der Waals surface area contributed by atoms with E-state index >= 15 is 0 Å². The maximum atomic E-state index is 10.5. The monoisotopic (exact) mass is 346 g/mol. The van der Waals surface area contributed by atoms with Gasteiger partial charge in [-0.05, 0) is 44.0 Å². The molecule has 4 N–H and O–H groups in total. The van der Waals surface area contributed by atoms with Gasteiger partial charge < -0.3 is 30.1 Å². The minimum Gasteiger partial charge on any atom is -0.488 e. The molecule has 0 bridgehead atoms. The van der Waals surface area contributed by atoms with Crippen LogP contribution in [0.25, 0.3) is 10.9 Å². The van der Waals surface area contributed by atoms with Crippen LogP contribution in [-0.4, -0.2) is 57.1 Å². The van der Waals surface area contributed by atoms with E-state index in [4.69, 9.17) is 9.47 Å². The first-order valence-corrected chi connectivity index (χ1v) is 8.56. The van der Waals surface area contributed by atoms with Crippen LogP contribution in [0.15, 0.2) is 30.3 Å². The first-order chi connectivity index (χ1) is 12.0. The molecule has 1 aliphatic heterocycles. The van der Waals surface area contributed by atoms with E-state index in [9.17, 15) is 15.3 Å². The van der Waals surface area contributed by atoms with Crippen molar-refractivity contribution < 1.29 is 24.8 Å². The van der Waals surface area contributed by atoms with E-state index in [0.717, 1.165) is 23.3 Å². The molecule has 5 atom stereocenters. The van der Waals surface area contributed by atoms with Gasteiger partial charge in [-0.15, -0.1) is 0 Å². The van der Waals surface area contributed by atoms with Crippen molar-refractivity contribution in [2.45, 2.75) is 50.0 Å². The largest absolute Gasteiger partial charge is 0.488 e. The van der Waals surface area contributed by atoms with Gasteiger partial charge in [0.2, 0.25) is 0 Å².